The Hall–Kier alpha value is -1.81. The zero-order valence-corrected chi connectivity index (χ0v) is 18.5. The highest BCUT2D eigenvalue weighted by Gasteiger charge is 2.39. The smallest absolute Gasteiger partial charge is 0.321 e. The molecule has 1 aliphatic heterocycles. The highest BCUT2D eigenvalue weighted by atomic mass is 32.2. The first kappa shape index (κ1) is 22.5. The molecule has 1 aromatic carbocycles. The van der Waals surface area contributed by atoms with Gasteiger partial charge in [0, 0.05) is 11.3 Å². The van der Waals surface area contributed by atoms with Gasteiger partial charge in [0.15, 0.2) is 5.78 Å². The Morgan fingerprint density at radius 3 is 2.46 bits per heavy atom. The summed E-state index contributed by atoms with van der Waals surface area (Å²) in [4.78, 5) is 26.7. The second-order valence-corrected chi connectivity index (χ2v) is 8.65. The number of Topliss-reactive ketones (excluding diaryl/α,β-unsaturated/α-hetero) is 1. The van der Waals surface area contributed by atoms with Crippen LogP contribution < -0.4 is 0 Å². The molecule has 1 heterocycles. The summed E-state index contributed by atoms with van der Waals surface area (Å²) in [6.45, 7) is 10.1. The van der Waals surface area contributed by atoms with Crippen LogP contribution in [0, 0.1) is 20.8 Å². The second kappa shape index (κ2) is 10.7. The van der Waals surface area contributed by atoms with Gasteiger partial charge in [0.2, 0.25) is 0 Å². The van der Waals surface area contributed by atoms with Crippen molar-refractivity contribution in [1.82, 2.24) is 0 Å². The van der Waals surface area contributed by atoms with Crippen molar-refractivity contribution in [3.63, 3.8) is 0 Å². The lowest BCUT2D eigenvalue weighted by Gasteiger charge is -2.29. The molecule has 0 amide bonds. The van der Waals surface area contributed by atoms with Gasteiger partial charge in [0.25, 0.3) is 0 Å². The Labute approximate surface area is 173 Å². The standard InChI is InChI=1S/C24H32O3S/c1-6-9-20(10-7-2)28-12-8-11-19-15-21(25)23(24(26)27-19)22-17(4)13-16(3)14-18(22)5/h6,9-10,13-14,19,23H,7-8,11-12,15H2,1-5H3. The number of carbonyl (C=O) groups excluding carboxylic acids is 2. The molecular formula is C24H32O3S. The molecule has 1 saturated heterocycles. The van der Waals surface area contributed by atoms with Crippen molar-refractivity contribution in [3.05, 3.63) is 57.5 Å². The molecule has 3 nitrogen and oxygen atoms in total. The van der Waals surface area contributed by atoms with Gasteiger partial charge in [-0.1, -0.05) is 42.8 Å². The van der Waals surface area contributed by atoms with Crippen LogP contribution in [0.15, 0.2) is 35.3 Å². The van der Waals surface area contributed by atoms with Crippen LogP contribution >= 0.6 is 11.8 Å². The number of benzene rings is 1. The summed E-state index contributed by atoms with van der Waals surface area (Å²) in [6, 6.07) is 4.05. The normalized spacial score (nSPS) is 20.7. The van der Waals surface area contributed by atoms with Crippen molar-refractivity contribution < 1.29 is 14.3 Å². The number of ether oxygens (including phenoxy) is 1. The maximum absolute atomic E-state index is 12.8. The maximum Gasteiger partial charge on any atom is 0.321 e. The lowest BCUT2D eigenvalue weighted by molar-refractivity contribution is -0.160. The molecule has 28 heavy (non-hydrogen) atoms. The summed E-state index contributed by atoms with van der Waals surface area (Å²) in [5.41, 5.74) is 3.94. The summed E-state index contributed by atoms with van der Waals surface area (Å²) in [5.74, 6) is -0.202. The number of rotatable bonds is 8. The molecule has 0 saturated carbocycles. The lowest BCUT2D eigenvalue weighted by atomic mass is 9.83. The molecule has 1 aliphatic rings. The van der Waals surface area contributed by atoms with Gasteiger partial charge in [0.1, 0.15) is 12.0 Å². The van der Waals surface area contributed by atoms with Crippen molar-refractivity contribution in [2.45, 2.75) is 72.3 Å². The molecule has 0 bridgehead atoms. The maximum atomic E-state index is 12.8. The van der Waals surface area contributed by atoms with E-state index in [0.29, 0.717) is 6.42 Å². The first-order valence-corrected chi connectivity index (χ1v) is 11.1. The van der Waals surface area contributed by atoms with Crippen LogP contribution in [0.4, 0.5) is 0 Å². The SMILES string of the molecule is CC=CC(=CCC)SCCCC1CC(=O)C(c2c(C)cc(C)cc2C)C(=O)O1. The van der Waals surface area contributed by atoms with Crippen LogP contribution in [0.2, 0.25) is 0 Å². The van der Waals surface area contributed by atoms with Gasteiger partial charge in [0.05, 0.1) is 0 Å². The summed E-state index contributed by atoms with van der Waals surface area (Å²) >= 11 is 1.81. The third-order valence-corrected chi connectivity index (χ3v) is 6.10. The molecule has 2 unspecified atom stereocenters. The minimum absolute atomic E-state index is 0.00978. The van der Waals surface area contributed by atoms with Crippen LogP contribution in [-0.4, -0.2) is 23.6 Å². The minimum Gasteiger partial charge on any atom is -0.461 e. The average molecular weight is 401 g/mol. The fourth-order valence-electron chi connectivity index (χ4n) is 3.88. The van der Waals surface area contributed by atoms with E-state index in [2.05, 4.69) is 19.1 Å². The van der Waals surface area contributed by atoms with E-state index in [4.69, 9.17) is 4.74 Å². The topological polar surface area (TPSA) is 43.4 Å². The Balaban J connectivity index is 1.94. The second-order valence-electron chi connectivity index (χ2n) is 7.48. The fourth-order valence-corrected chi connectivity index (χ4v) is 4.94. The number of thioether (sulfide) groups is 1. The van der Waals surface area contributed by atoms with Gasteiger partial charge < -0.3 is 4.74 Å². The third-order valence-electron chi connectivity index (χ3n) is 4.97. The van der Waals surface area contributed by atoms with Crippen LogP contribution in [0.5, 0.6) is 0 Å². The number of ketones is 1. The summed E-state index contributed by atoms with van der Waals surface area (Å²) in [6.07, 6.45) is 9.08. The van der Waals surface area contributed by atoms with E-state index in [-0.39, 0.29) is 17.9 Å². The molecule has 0 aromatic heterocycles. The third kappa shape index (κ3) is 5.84. The average Bonchev–Trinajstić information content (AvgIpc) is 2.60. The number of carbonyl (C=O) groups is 2. The molecule has 1 aromatic rings. The van der Waals surface area contributed by atoms with Crippen molar-refractivity contribution in [2.24, 2.45) is 0 Å². The van der Waals surface area contributed by atoms with E-state index < -0.39 is 5.92 Å². The van der Waals surface area contributed by atoms with Gasteiger partial charge >= 0.3 is 5.97 Å². The quantitative estimate of drug-likeness (QED) is 0.234. The highest BCUT2D eigenvalue weighted by Crippen LogP contribution is 2.33. The number of aryl methyl sites for hydroxylation is 3. The monoisotopic (exact) mass is 400 g/mol. The summed E-state index contributed by atoms with van der Waals surface area (Å²) in [5, 5.41) is 0. The predicted molar refractivity (Wildman–Crippen MR) is 118 cm³/mol. The Bertz CT molecular complexity index is 735. The zero-order chi connectivity index (χ0) is 20.7. The van der Waals surface area contributed by atoms with Crippen LogP contribution in [-0.2, 0) is 14.3 Å². The molecule has 2 rings (SSSR count). The number of allylic oxidation sites excluding steroid dienone is 3. The van der Waals surface area contributed by atoms with E-state index in [9.17, 15) is 9.59 Å². The van der Waals surface area contributed by atoms with Crippen molar-refractivity contribution in [1.29, 1.82) is 0 Å². The first-order valence-electron chi connectivity index (χ1n) is 10.1. The van der Waals surface area contributed by atoms with Gasteiger partial charge in [-0.05, 0) is 69.4 Å². The first-order chi connectivity index (χ1) is 13.4. The van der Waals surface area contributed by atoms with E-state index in [1.165, 1.54) is 4.91 Å². The van der Waals surface area contributed by atoms with Crippen molar-refractivity contribution in [3.8, 4) is 0 Å². The van der Waals surface area contributed by atoms with Crippen LogP contribution in [0.25, 0.3) is 0 Å². The summed E-state index contributed by atoms with van der Waals surface area (Å²) < 4.78 is 5.67. The Morgan fingerprint density at radius 2 is 1.89 bits per heavy atom. The van der Waals surface area contributed by atoms with Gasteiger partial charge in [-0.25, -0.2) is 0 Å². The molecule has 1 fully saturated rings. The molecule has 0 radical (unpaired) electrons. The predicted octanol–water partition coefficient (Wildman–Crippen LogP) is 5.96. The molecule has 2 atom stereocenters. The lowest BCUT2D eigenvalue weighted by Crippen LogP contribution is -2.37. The van der Waals surface area contributed by atoms with Crippen molar-refractivity contribution in [2.75, 3.05) is 5.75 Å². The van der Waals surface area contributed by atoms with E-state index in [1.54, 1.807) is 0 Å². The number of esters is 1. The summed E-state index contributed by atoms with van der Waals surface area (Å²) in [7, 11) is 0. The van der Waals surface area contributed by atoms with Gasteiger partial charge in [-0.3, -0.25) is 9.59 Å². The molecule has 0 spiro atoms. The number of hydrogen-bond acceptors (Lipinski definition) is 4. The zero-order valence-electron chi connectivity index (χ0n) is 17.7. The fraction of sp³-hybridized carbons (Fsp3) is 0.500. The number of hydrogen-bond donors (Lipinski definition) is 0. The molecule has 0 N–H and O–H groups in total. The van der Waals surface area contributed by atoms with E-state index in [0.717, 1.165) is 47.3 Å². The van der Waals surface area contributed by atoms with Crippen LogP contribution in [0.3, 0.4) is 0 Å². The molecular weight excluding hydrogens is 368 g/mol. The Morgan fingerprint density at radius 1 is 1.21 bits per heavy atom. The highest BCUT2D eigenvalue weighted by molar-refractivity contribution is 8.03. The molecule has 152 valence electrons. The Kier molecular flexibility index (Phi) is 8.56. The minimum atomic E-state index is -0.764. The number of cyclic esters (lactones) is 1. The molecule has 4 heteroatoms. The van der Waals surface area contributed by atoms with E-state index in [1.807, 2.05) is 57.7 Å². The largest absolute Gasteiger partial charge is 0.461 e. The molecule has 0 aliphatic carbocycles. The van der Waals surface area contributed by atoms with Gasteiger partial charge in [-0.2, -0.15) is 0 Å². The van der Waals surface area contributed by atoms with Gasteiger partial charge in [-0.15, -0.1) is 11.8 Å². The van der Waals surface area contributed by atoms with Crippen molar-refractivity contribution >= 4 is 23.5 Å². The van der Waals surface area contributed by atoms with Crippen LogP contribution in [0.1, 0.15) is 67.7 Å². The van der Waals surface area contributed by atoms with E-state index >= 15 is 0 Å².